The van der Waals surface area contributed by atoms with Gasteiger partial charge in [0.2, 0.25) is 5.91 Å². The highest BCUT2D eigenvalue weighted by Gasteiger charge is 2.17. The van der Waals surface area contributed by atoms with Crippen LogP contribution < -0.4 is 15.4 Å². The van der Waals surface area contributed by atoms with Crippen LogP contribution in [0.5, 0.6) is 5.75 Å². The third kappa shape index (κ3) is 5.71. The summed E-state index contributed by atoms with van der Waals surface area (Å²) < 4.78 is 33.7. The van der Waals surface area contributed by atoms with Crippen LogP contribution in [0.3, 0.4) is 0 Å². The summed E-state index contributed by atoms with van der Waals surface area (Å²) >= 11 is 12.0. The summed E-state index contributed by atoms with van der Waals surface area (Å²) in [6.07, 6.45) is 0. The number of nitrogens with one attached hydrogen (secondary N) is 2. The number of ether oxygens (including phenoxy) is 1. The third-order valence-electron chi connectivity index (χ3n) is 4.15. The highest BCUT2D eigenvalue weighted by Crippen LogP contribution is 2.27. The van der Waals surface area contributed by atoms with Crippen LogP contribution in [-0.4, -0.2) is 11.8 Å². The third-order valence-corrected chi connectivity index (χ3v) is 4.73. The van der Waals surface area contributed by atoms with Gasteiger partial charge in [0.05, 0.1) is 16.9 Å². The Hall–Kier alpha value is -3.16. The van der Waals surface area contributed by atoms with Gasteiger partial charge in [-0.05, 0) is 30.3 Å². The minimum atomic E-state index is -0.994. The Morgan fingerprint density at radius 2 is 1.61 bits per heavy atom. The van der Waals surface area contributed by atoms with E-state index in [9.17, 15) is 18.4 Å². The summed E-state index contributed by atoms with van der Waals surface area (Å²) in [5.41, 5.74) is 0.222. The molecule has 0 spiro atoms. The minimum Gasteiger partial charge on any atom is -0.488 e. The van der Waals surface area contributed by atoms with Crippen molar-refractivity contribution in [2.45, 2.75) is 13.5 Å². The van der Waals surface area contributed by atoms with Gasteiger partial charge >= 0.3 is 0 Å². The van der Waals surface area contributed by atoms with E-state index in [-0.39, 0.29) is 29.3 Å². The number of rotatable bonds is 6. The summed E-state index contributed by atoms with van der Waals surface area (Å²) in [4.78, 5) is 23.9. The van der Waals surface area contributed by atoms with E-state index in [0.29, 0.717) is 21.7 Å². The van der Waals surface area contributed by atoms with Crippen molar-refractivity contribution in [2.24, 2.45) is 0 Å². The van der Waals surface area contributed by atoms with Gasteiger partial charge in [0.1, 0.15) is 24.0 Å². The Morgan fingerprint density at radius 1 is 0.935 bits per heavy atom. The molecule has 0 atom stereocenters. The molecule has 2 amide bonds. The zero-order chi connectivity index (χ0) is 22.5. The van der Waals surface area contributed by atoms with Gasteiger partial charge in [0.25, 0.3) is 5.91 Å². The smallest absolute Gasteiger partial charge is 0.259 e. The molecule has 0 bridgehead atoms. The second-order valence-electron chi connectivity index (χ2n) is 6.47. The van der Waals surface area contributed by atoms with Gasteiger partial charge < -0.3 is 15.4 Å². The predicted octanol–water partition coefficient (Wildman–Crippen LogP) is 6.06. The maximum absolute atomic E-state index is 14.2. The van der Waals surface area contributed by atoms with Gasteiger partial charge in [0.15, 0.2) is 0 Å². The fourth-order valence-corrected chi connectivity index (χ4v) is 3.16. The number of carbonyl (C=O) groups is 2. The summed E-state index contributed by atoms with van der Waals surface area (Å²) in [6, 6.07) is 12.9. The van der Waals surface area contributed by atoms with Crippen molar-refractivity contribution in [1.82, 2.24) is 0 Å². The topological polar surface area (TPSA) is 67.4 Å². The minimum absolute atomic E-state index is 0.0673. The summed E-state index contributed by atoms with van der Waals surface area (Å²) in [5, 5.41) is 5.49. The fourth-order valence-electron chi connectivity index (χ4n) is 2.69. The first-order valence-corrected chi connectivity index (χ1v) is 9.74. The van der Waals surface area contributed by atoms with Gasteiger partial charge in [0, 0.05) is 28.6 Å². The van der Waals surface area contributed by atoms with E-state index in [0.717, 1.165) is 6.07 Å². The van der Waals surface area contributed by atoms with Crippen LogP contribution in [0.15, 0.2) is 54.6 Å². The average molecular weight is 465 g/mol. The van der Waals surface area contributed by atoms with Crippen LogP contribution in [-0.2, 0) is 11.4 Å². The molecule has 3 rings (SSSR count). The molecule has 0 aliphatic heterocycles. The van der Waals surface area contributed by atoms with Crippen molar-refractivity contribution in [3.63, 3.8) is 0 Å². The number of amides is 2. The Bertz CT molecular complexity index is 1160. The normalized spacial score (nSPS) is 10.5. The first-order valence-electron chi connectivity index (χ1n) is 8.98. The zero-order valence-corrected chi connectivity index (χ0v) is 17.7. The predicted molar refractivity (Wildman–Crippen MR) is 116 cm³/mol. The quantitative estimate of drug-likeness (QED) is 0.465. The lowest BCUT2D eigenvalue weighted by atomic mass is 10.1. The average Bonchev–Trinajstić information content (AvgIpc) is 2.70. The molecule has 5 nitrogen and oxygen atoms in total. The molecule has 3 aromatic rings. The first-order chi connectivity index (χ1) is 14.7. The molecule has 0 aliphatic carbocycles. The molecule has 0 saturated heterocycles. The van der Waals surface area contributed by atoms with Crippen LogP contribution in [0, 0.1) is 11.6 Å². The molecule has 3 aromatic carbocycles. The summed E-state index contributed by atoms with van der Waals surface area (Å²) in [5.74, 6) is -2.95. The van der Waals surface area contributed by atoms with E-state index < -0.39 is 23.4 Å². The van der Waals surface area contributed by atoms with Crippen LogP contribution >= 0.6 is 23.2 Å². The molecule has 0 fully saturated rings. The van der Waals surface area contributed by atoms with Gasteiger partial charge in [-0.3, -0.25) is 9.59 Å². The van der Waals surface area contributed by atoms with E-state index in [1.54, 1.807) is 36.4 Å². The Morgan fingerprint density at radius 3 is 2.29 bits per heavy atom. The van der Waals surface area contributed by atoms with Crippen LogP contribution in [0.4, 0.5) is 20.2 Å². The molecular weight excluding hydrogens is 449 g/mol. The number of hydrogen-bond acceptors (Lipinski definition) is 3. The fraction of sp³-hybridized carbons (Fsp3) is 0.0909. The van der Waals surface area contributed by atoms with Crippen molar-refractivity contribution in [3.8, 4) is 5.75 Å². The number of halogens is 4. The molecule has 2 N–H and O–H groups in total. The molecule has 0 aliphatic rings. The Kier molecular flexibility index (Phi) is 7.09. The van der Waals surface area contributed by atoms with Crippen molar-refractivity contribution in [1.29, 1.82) is 0 Å². The number of para-hydroxylation sites is 1. The SMILES string of the molecule is CC(=O)Nc1cc(NC(=O)c2ccccc2OCc2ccc(Cl)cc2Cl)c(F)cc1F. The van der Waals surface area contributed by atoms with E-state index in [4.69, 9.17) is 27.9 Å². The van der Waals surface area contributed by atoms with E-state index in [1.165, 1.54) is 13.0 Å². The molecule has 0 saturated carbocycles. The van der Waals surface area contributed by atoms with E-state index in [1.807, 2.05) is 0 Å². The lowest BCUT2D eigenvalue weighted by Gasteiger charge is -2.14. The van der Waals surface area contributed by atoms with Gasteiger partial charge in [-0.2, -0.15) is 0 Å². The largest absolute Gasteiger partial charge is 0.488 e. The number of carbonyl (C=O) groups excluding carboxylic acids is 2. The molecule has 0 heterocycles. The second-order valence-corrected chi connectivity index (χ2v) is 7.31. The number of benzene rings is 3. The Balaban J connectivity index is 1.81. The van der Waals surface area contributed by atoms with Crippen molar-refractivity contribution in [3.05, 3.63) is 87.4 Å². The molecular formula is C22H16Cl2F2N2O3. The van der Waals surface area contributed by atoms with Crippen molar-refractivity contribution >= 4 is 46.4 Å². The Labute approximate surface area is 186 Å². The highest BCUT2D eigenvalue weighted by atomic mass is 35.5. The molecule has 9 heteroatoms. The molecule has 0 radical (unpaired) electrons. The molecule has 160 valence electrons. The highest BCUT2D eigenvalue weighted by molar-refractivity contribution is 6.35. The zero-order valence-electron chi connectivity index (χ0n) is 16.1. The number of hydrogen-bond donors (Lipinski definition) is 2. The van der Waals surface area contributed by atoms with Gasteiger partial charge in [-0.15, -0.1) is 0 Å². The molecule has 0 aromatic heterocycles. The van der Waals surface area contributed by atoms with Gasteiger partial charge in [-0.1, -0.05) is 41.4 Å². The summed E-state index contributed by atoms with van der Waals surface area (Å²) in [7, 11) is 0. The maximum atomic E-state index is 14.2. The lowest BCUT2D eigenvalue weighted by Crippen LogP contribution is -2.16. The van der Waals surface area contributed by atoms with E-state index in [2.05, 4.69) is 10.6 Å². The monoisotopic (exact) mass is 464 g/mol. The lowest BCUT2D eigenvalue weighted by molar-refractivity contribution is -0.114. The van der Waals surface area contributed by atoms with Crippen LogP contribution in [0.2, 0.25) is 10.0 Å². The molecule has 31 heavy (non-hydrogen) atoms. The first kappa shape index (κ1) is 22.5. The standard InChI is InChI=1S/C22H16Cl2F2N2O3/c1-12(29)27-19-10-20(18(26)9-17(19)25)28-22(30)15-4-2-3-5-21(15)31-11-13-6-7-14(23)8-16(13)24/h2-10H,11H2,1H3,(H,27,29)(H,28,30). The van der Waals surface area contributed by atoms with Crippen molar-refractivity contribution < 1.29 is 23.1 Å². The van der Waals surface area contributed by atoms with E-state index >= 15 is 0 Å². The molecule has 0 unspecified atom stereocenters. The summed E-state index contributed by atoms with van der Waals surface area (Å²) in [6.45, 7) is 1.25. The van der Waals surface area contributed by atoms with Crippen molar-refractivity contribution in [2.75, 3.05) is 10.6 Å². The van der Waals surface area contributed by atoms with Crippen LogP contribution in [0.1, 0.15) is 22.8 Å². The number of anilines is 2. The van der Waals surface area contributed by atoms with Crippen LogP contribution in [0.25, 0.3) is 0 Å². The second kappa shape index (κ2) is 9.76. The van der Waals surface area contributed by atoms with Gasteiger partial charge in [-0.25, -0.2) is 8.78 Å². The maximum Gasteiger partial charge on any atom is 0.259 e.